The van der Waals surface area contributed by atoms with Gasteiger partial charge in [0.2, 0.25) is 0 Å². The van der Waals surface area contributed by atoms with Crippen molar-refractivity contribution < 1.29 is 9.53 Å². The van der Waals surface area contributed by atoms with E-state index in [1.807, 2.05) is 36.4 Å². The molecular weight excluding hydrogens is 312 g/mol. The Morgan fingerprint density at radius 2 is 1.76 bits per heavy atom. The van der Waals surface area contributed by atoms with Gasteiger partial charge in [-0.3, -0.25) is 4.79 Å². The minimum atomic E-state index is -0.0379. The summed E-state index contributed by atoms with van der Waals surface area (Å²) in [7, 11) is 2.12. The van der Waals surface area contributed by atoms with Crippen LogP contribution in [0, 0.1) is 0 Å². The predicted molar refractivity (Wildman–Crippen MR) is 99.8 cm³/mol. The molecular formula is C21H26N2O2. The maximum absolute atomic E-state index is 12.2. The van der Waals surface area contributed by atoms with Crippen molar-refractivity contribution in [2.45, 2.75) is 25.3 Å². The lowest BCUT2D eigenvalue weighted by Crippen LogP contribution is -2.44. The van der Waals surface area contributed by atoms with E-state index < -0.39 is 0 Å². The van der Waals surface area contributed by atoms with Gasteiger partial charge in [0.05, 0.1) is 0 Å². The number of piperidine rings is 1. The lowest BCUT2D eigenvalue weighted by Gasteiger charge is -2.29. The smallest absolute Gasteiger partial charge is 0.258 e. The average Bonchev–Trinajstić information content (AvgIpc) is 2.64. The first-order valence-corrected chi connectivity index (χ1v) is 8.93. The number of carbonyl (C=O) groups excluding carboxylic acids is 1. The van der Waals surface area contributed by atoms with Crippen LogP contribution >= 0.6 is 0 Å². The van der Waals surface area contributed by atoms with Gasteiger partial charge in [0, 0.05) is 12.5 Å². The molecule has 2 aromatic rings. The van der Waals surface area contributed by atoms with E-state index >= 15 is 0 Å². The molecule has 1 saturated heterocycles. The summed E-state index contributed by atoms with van der Waals surface area (Å²) in [5.41, 5.74) is 2.33. The monoisotopic (exact) mass is 338 g/mol. The standard InChI is InChI=1S/C21H26N2O2/c1-23-13-11-19(12-14-23)22-21(24)16-25-20-10-6-5-9-18(20)15-17-7-3-2-4-8-17/h2-10,19H,11-16H2,1H3,(H,22,24). The minimum absolute atomic E-state index is 0.0379. The summed E-state index contributed by atoms with van der Waals surface area (Å²) in [5, 5.41) is 3.09. The molecule has 1 N–H and O–H groups in total. The largest absolute Gasteiger partial charge is 0.483 e. The first kappa shape index (κ1) is 17.5. The maximum Gasteiger partial charge on any atom is 0.258 e. The van der Waals surface area contributed by atoms with Crippen molar-refractivity contribution in [3.8, 4) is 5.75 Å². The molecule has 1 amide bonds. The second kappa shape index (κ2) is 8.67. The zero-order chi connectivity index (χ0) is 17.5. The first-order chi connectivity index (χ1) is 12.2. The number of amides is 1. The van der Waals surface area contributed by atoms with Gasteiger partial charge in [0.1, 0.15) is 5.75 Å². The fourth-order valence-corrected chi connectivity index (χ4v) is 3.17. The molecule has 1 fully saturated rings. The van der Waals surface area contributed by atoms with Crippen LogP contribution < -0.4 is 10.1 Å². The van der Waals surface area contributed by atoms with Gasteiger partial charge in [-0.1, -0.05) is 48.5 Å². The van der Waals surface area contributed by atoms with Crippen LogP contribution in [0.15, 0.2) is 54.6 Å². The topological polar surface area (TPSA) is 41.6 Å². The number of ether oxygens (including phenoxy) is 1. The Morgan fingerprint density at radius 1 is 1.08 bits per heavy atom. The third-order valence-corrected chi connectivity index (χ3v) is 4.65. The number of para-hydroxylation sites is 1. The van der Waals surface area contributed by atoms with Gasteiger partial charge in [-0.25, -0.2) is 0 Å². The van der Waals surface area contributed by atoms with Crippen LogP contribution in [0.2, 0.25) is 0 Å². The van der Waals surface area contributed by atoms with E-state index in [4.69, 9.17) is 4.74 Å². The highest BCUT2D eigenvalue weighted by molar-refractivity contribution is 5.77. The SMILES string of the molecule is CN1CCC(NC(=O)COc2ccccc2Cc2ccccc2)CC1. The Kier molecular flexibility index (Phi) is 6.07. The summed E-state index contributed by atoms with van der Waals surface area (Å²) in [5.74, 6) is 0.744. The van der Waals surface area contributed by atoms with Crippen LogP contribution in [0.3, 0.4) is 0 Å². The summed E-state index contributed by atoms with van der Waals surface area (Å²) < 4.78 is 5.81. The fraction of sp³-hybridized carbons (Fsp3) is 0.381. The molecule has 0 saturated carbocycles. The zero-order valence-corrected chi connectivity index (χ0v) is 14.8. The lowest BCUT2D eigenvalue weighted by molar-refractivity contribution is -0.124. The molecule has 0 aromatic heterocycles. The van der Waals surface area contributed by atoms with Crippen molar-refractivity contribution >= 4 is 5.91 Å². The Bertz CT molecular complexity index is 679. The molecule has 4 nitrogen and oxygen atoms in total. The Morgan fingerprint density at radius 3 is 2.52 bits per heavy atom. The van der Waals surface area contributed by atoms with E-state index in [0.29, 0.717) is 0 Å². The molecule has 4 heteroatoms. The summed E-state index contributed by atoms with van der Waals surface area (Å²) in [6.07, 6.45) is 2.81. The van der Waals surface area contributed by atoms with Gasteiger partial charge < -0.3 is 15.0 Å². The molecule has 0 bridgehead atoms. The van der Waals surface area contributed by atoms with Crippen molar-refractivity contribution in [3.05, 3.63) is 65.7 Å². The van der Waals surface area contributed by atoms with Crippen molar-refractivity contribution in [3.63, 3.8) is 0 Å². The fourth-order valence-electron chi connectivity index (χ4n) is 3.17. The number of carbonyl (C=O) groups is 1. The van der Waals surface area contributed by atoms with E-state index in [1.165, 1.54) is 5.56 Å². The Labute approximate surface area is 149 Å². The summed E-state index contributed by atoms with van der Waals surface area (Å²) in [6.45, 7) is 2.13. The number of nitrogens with one attached hydrogen (secondary N) is 1. The number of hydrogen-bond donors (Lipinski definition) is 1. The van der Waals surface area contributed by atoms with Crippen LogP contribution in [0.4, 0.5) is 0 Å². The van der Waals surface area contributed by atoms with Crippen molar-refractivity contribution in [2.75, 3.05) is 26.7 Å². The van der Waals surface area contributed by atoms with E-state index in [-0.39, 0.29) is 18.6 Å². The summed E-state index contributed by atoms with van der Waals surface area (Å²) >= 11 is 0. The van der Waals surface area contributed by atoms with E-state index in [9.17, 15) is 4.79 Å². The van der Waals surface area contributed by atoms with Gasteiger partial charge in [-0.05, 0) is 50.2 Å². The third kappa shape index (κ3) is 5.33. The van der Waals surface area contributed by atoms with Crippen molar-refractivity contribution in [2.24, 2.45) is 0 Å². The maximum atomic E-state index is 12.2. The second-order valence-electron chi connectivity index (χ2n) is 6.70. The van der Waals surface area contributed by atoms with E-state index in [0.717, 1.165) is 43.7 Å². The molecule has 0 spiro atoms. The van der Waals surface area contributed by atoms with Gasteiger partial charge >= 0.3 is 0 Å². The molecule has 1 aliphatic rings. The molecule has 0 unspecified atom stereocenters. The number of benzene rings is 2. The normalized spacial score (nSPS) is 15.7. The Hall–Kier alpha value is -2.33. The molecule has 1 heterocycles. The van der Waals surface area contributed by atoms with Crippen LogP contribution in [0.25, 0.3) is 0 Å². The highest BCUT2D eigenvalue weighted by atomic mass is 16.5. The van der Waals surface area contributed by atoms with Gasteiger partial charge in [-0.15, -0.1) is 0 Å². The number of rotatable bonds is 6. The number of hydrogen-bond acceptors (Lipinski definition) is 3. The molecule has 132 valence electrons. The number of likely N-dealkylation sites (tertiary alicyclic amines) is 1. The van der Waals surface area contributed by atoms with E-state index in [1.54, 1.807) is 0 Å². The molecule has 0 atom stereocenters. The quantitative estimate of drug-likeness (QED) is 0.881. The highest BCUT2D eigenvalue weighted by Crippen LogP contribution is 2.21. The molecule has 3 rings (SSSR count). The second-order valence-corrected chi connectivity index (χ2v) is 6.70. The van der Waals surface area contributed by atoms with E-state index in [2.05, 4.69) is 35.5 Å². The molecule has 1 aliphatic heterocycles. The summed E-state index contributed by atoms with van der Waals surface area (Å²) in [6, 6.07) is 18.5. The minimum Gasteiger partial charge on any atom is -0.483 e. The third-order valence-electron chi connectivity index (χ3n) is 4.65. The summed E-state index contributed by atoms with van der Waals surface area (Å²) in [4.78, 5) is 14.5. The van der Waals surface area contributed by atoms with Crippen molar-refractivity contribution in [1.29, 1.82) is 0 Å². The number of nitrogens with zero attached hydrogens (tertiary/aromatic N) is 1. The molecule has 25 heavy (non-hydrogen) atoms. The van der Waals surface area contributed by atoms with Crippen LogP contribution in [-0.4, -0.2) is 43.6 Å². The van der Waals surface area contributed by atoms with Crippen LogP contribution in [0.5, 0.6) is 5.75 Å². The molecule has 0 radical (unpaired) electrons. The predicted octanol–water partition coefficient (Wildman–Crippen LogP) is 2.87. The molecule has 2 aromatic carbocycles. The zero-order valence-electron chi connectivity index (χ0n) is 14.8. The Balaban J connectivity index is 1.53. The van der Waals surface area contributed by atoms with Gasteiger partial charge in [0.25, 0.3) is 5.91 Å². The first-order valence-electron chi connectivity index (χ1n) is 8.93. The average molecular weight is 338 g/mol. The lowest BCUT2D eigenvalue weighted by atomic mass is 10.0. The van der Waals surface area contributed by atoms with Crippen molar-refractivity contribution in [1.82, 2.24) is 10.2 Å². The van der Waals surface area contributed by atoms with Gasteiger partial charge in [-0.2, -0.15) is 0 Å². The van der Waals surface area contributed by atoms with Gasteiger partial charge in [0.15, 0.2) is 6.61 Å². The molecule has 0 aliphatic carbocycles. The highest BCUT2D eigenvalue weighted by Gasteiger charge is 2.18. The van der Waals surface area contributed by atoms with Crippen LogP contribution in [0.1, 0.15) is 24.0 Å². The van der Waals surface area contributed by atoms with Crippen LogP contribution in [-0.2, 0) is 11.2 Å².